The third kappa shape index (κ3) is 5.29. The molecular formula is C20H26N2O2S. The molecule has 0 heterocycles. The average Bonchev–Trinajstić information content (AvgIpc) is 2.63. The standard InChI is InChI=1S/C18H20N2O2S.C2H6/c1-14-8-7-9-15(12-14)18(2,22-13-23)17(21)20(3)19-16-10-5-4-6-11-16;1-2/h4-13,19H,1-3H3;1-2H3. The molecule has 5 heteroatoms. The number of benzene rings is 2. The van der Waals surface area contributed by atoms with Crippen LogP contribution < -0.4 is 5.43 Å². The van der Waals surface area contributed by atoms with Crippen molar-refractivity contribution < 1.29 is 9.53 Å². The number of hydrazine groups is 1. The number of hydrogen-bond acceptors (Lipinski definition) is 4. The van der Waals surface area contributed by atoms with Gasteiger partial charge in [-0.3, -0.25) is 15.2 Å². The Kier molecular flexibility index (Phi) is 8.08. The van der Waals surface area contributed by atoms with Gasteiger partial charge in [-0.05, 0) is 38.2 Å². The van der Waals surface area contributed by atoms with Crippen molar-refractivity contribution in [2.45, 2.75) is 33.3 Å². The predicted octanol–water partition coefficient (Wildman–Crippen LogP) is 4.70. The topological polar surface area (TPSA) is 41.6 Å². The zero-order chi connectivity index (χ0) is 18.9. The minimum atomic E-state index is -1.19. The molecule has 0 bridgehead atoms. The summed E-state index contributed by atoms with van der Waals surface area (Å²) in [5, 5.41) is 1.41. The van der Waals surface area contributed by atoms with E-state index >= 15 is 0 Å². The molecule has 134 valence electrons. The van der Waals surface area contributed by atoms with Crippen molar-refractivity contribution >= 4 is 29.4 Å². The van der Waals surface area contributed by atoms with E-state index in [1.807, 2.05) is 75.4 Å². The lowest BCUT2D eigenvalue weighted by Gasteiger charge is -2.32. The van der Waals surface area contributed by atoms with Gasteiger partial charge in [0.1, 0.15) is 5.55 Å². The first kappa shape index (κ1) is 20.6. The predicted molar refractivity (Wildman–Crippen MR) is 107 cm³/mol. The Bertz CT molecular complexity index is 691. The van der Waals surface area contributed by atoms with Crippen LogP contribution in [0.4, 0.5) is 5.69 Å². The number of thiocarbonyl (C=S) groups is 1. The number of para-hydroxylation sites is 1. The molecule has 0 aromatic heterocycles. The van der Waals surface area contributed by atoms with Gasteiger partial charge in [0.25, 0.3) is 5.91 Å². The molecule has 0 saturated heterocycles. The molecule has 0 aliphatic heterocycles. The van der Waals surface area contributed by atoms with E-state index in [4.69, 9.17) is 17.0 Å². The van der Waals surface area contributed by atoms with Gasteiger partial charge in [0.15, 0.2) is 0 Å². The summed E-state index contributed by atoms with van der Waals surface area (Å²) in [7, 11) is 1.66. The van der Waals surface area contributed by atoms with Crippen molar-refractivity contribution in [3.05, 3.63) is 65.7 Å². The Labute approximate surface area is 155 Å². The number of nitrogens with one attached hydrogen (secondary N) is 1. The van der Waals surface area contributed by atoms with E-state index < -0.39 is 5.60 Å². The Morgan fingerprint density at radius 2 is 1.80 bits per heavy atom. The summed E-state index contributed by atoms with van der Waals surface area (Å²) < 4.78 is 5.55. The molecule has 25 heavy (non-hydrogen) atoms. The van der Waals surface area contributed by atoms with Crippen LogP contribution in [-0.2, 0) is 15.1 Å². The summed E-state index contributed by atoms with van der Waals surface area (Å²) >= 11 is 4.83. The summed E-state index contributed by atoms with van der Waals surface area (Å²) in [6, 6.07) is 17.1. The number of carbonyl (C=O) groups excluding carboxylic acids is 1. The molecule has 0 fully saturated rings. The van der Waals surface area contributed by atoms with Crippen molar-refractivity contribution in [2.24, 2.45) is 0 Å². The van der Waals surface area contributed by atoms with E-state index in [0.29, 0.717) is 0 Å². The molecule has 0 aliphatic carbocycles. The van der Waals surface area contributed by atoms with Gasteiger partial charge in [-0.2, -0.15) is 0 Å². The maximum atomic E-state index is 12.9. The second-order valence-corrected chi connectivity index (χ2v) is 5.65. The van der Waals surface area contributed by atoms with Crippen molar-refractivity contribution in [3.8, 4) is 0 Å². The highest BCUT2D eigenvalue weighted by Gasteiger charge is 2.39. The molecule has 2 rings (SSSR count). The number of anilines is 1. The fourth-order valence-electron chi connectivity index (χ4n) is 2.36. The lowest BCUT2D eigenvalue weighted by atomic mass is 9.93. The second kappa shape index (κ2) is 9.79. The Hall–Kier alpha value is -2.40. The number of likely N-dealkylation sites (N-methyl/N-ethyl adjacent to an activating group) is 1. The number of rotatable bonds is 6. The zero-order valence-electron chi connectivity index (χ0n) is 15.4. The molecular weight excluding hydrogens is 332 g/mol. The van der Waals surface area contributed by atoms with E-state index in [-0.39, 0.29) is 5.91 Å². The minimum Gasteiger partial charge on any atom is -0.469 e. The number of ether oxygens (including phenoxy) is 1. The van der Waals surface area contributed by atoms with Crippen LogP contribution in [0.25, 0.3) is 0 Å². The second-order valence-electron chi connectivity index (χ2n) is 5.46. The maximum absolute atomic E-state index is 12.9. The molecule has 2 aromatic carbocycles. The quantitative estimate of drug-likeness (QED) is 0.600. The Morgan fingerprint density at radius 3 is 2.36 bits per heavy atom. The van der Waals surface area contributed by atoms with Crippen molar-refractivity contribution in [1.29, 1.82) is 0 Å². The molecule has 1 unspecified atom stereocenters. The fraction of sp³-hybridized carbons (Fsp3) is 0.300. The van der Waals surface area contributed by atoms with E-state index in [9.17, 15) is 4.79 Å². The normalized spacial score (nSPS) is 12.0. The van der Waals surface area contributed by atoms with Crippen LogP contribution >= 0.6 is 12.2 Å². The molecule has 0 radical (unpaired) electrons. The smallest absolute Gasteiger partial charge is 0.289 e. The fourth-order valence-corrected chi connectivity index (χ4v) is 2.55. The van der Waals surface area contributed by atoms with Crippen LogP contribution in [0.3, 0.4) is 0 Å². The van der Waals surface area contributed by atoms with Gasteiger partial charge in [-0.15, -0.1) is 0 Å². The molecule has 2 aromatic rings. The van der Waals surface area contributed by atoms with Crippen LogP contribution in [0.5, 0.6) is 0 Å². The van der Waals surface area contributed by atoms with Crippen molar-refractivity contribution in [2.75, 3.05) is 12.5 Å². The number of carbonyl (C=O) groups is 1. The third-order valence-corrected chi connectivity index (χ3v) is 3.73. The first-order valence-corrected chi connectivity index (χ1v) is 8.73. The largest absolute Gasteiger partial charge is 0.469 e. The van der Waals surface area contributed by atoms with Gasteiger partial charge in [0.05, 0.1) is 5.69 Å². The highest BCUT2D eigenvalue weighted by molar-refractivity contribution is 7.78. The molecule has 4 nitrogen and oxygen atoms in total. The van der Waals surface area contributed by atoms with Gasteiger partial charge in [0, 0.05) is 12.6 Å². The highest BCUT2D eigenvalue weighted by Crippen LogP contribution is 2.28. The first-order valence-electron chi connectivity index (χ1n) is 8.26. The summed E-state index contributed by atoms with van der Waals surface area (Å²) in [5.41, 5.74) is 5.61. The van der Waals surface area contributed by atoms with Gasteiger partial charge in [-0.1, -0.05) is 61.9 Å². The van der Waals surface area contributed by atoms with Crippen LogP contribution in [-0.4, -0.2) is 23.5 Å². The van der Waals surface area contributed by atoms with E-state index in [1.54, 1.807) is 14.0 Å². The third-order valence-electron chi connectivity index (χ3n) is 3.64. The number of hydrogen-bond donors (Lipinski definition) is 1. The number of amides is 1. The Balaban J connectivity index is 0.00000151. The van der Waals surface area contributed by atoms with Crippen LogP contribution in [0.1, 0.15) is 31.9 Å². The van der Waals surface area contributed by atoms with Gasteiger partial charge < -0.3 is 4.74 Å². The average molecular weight is 359 g/mol. The lowest BCUT2D eigenvalue weighted by Crippen LogP contribution is -2.47. The lowest BCUT2D eigenvalue weighted by molar-refractivity contribution is -0.145. The Morgan fingerprint density at radius 1 is 1.16 bits per heavy atom. The molecule has 1 amide bonds. The number of aryl methyl sites for hydroxylation is 1. The maximum Gasteiger partial charge on any atom is 0.289 e. The summed E-state index contributed by atoms with van der Waals surface area (Å²) in [6.45, 7) is 7.69. The van der Waals surface area contributed by atoms with E-state index in [2.05, 4.69) is 5.43 Å². The molecule has 1 N–H and O–H groups in total. The first-order chi connectivity index (χ1) is 12.0. The van der Waals surface area contributed by atoms with Crippen LogP contribution in [0.15, 0.2) is 54.6 Å². The molecule has 1 atom stereocenters. The zero-order valence-corrected chi connectivity index (χ0v) is 16.3. The molecule has 0 saturated carbocycles. The van der Waals surface area contributed by atoms with E-state index in [0.717, 1.165) is 22.4 Å². The summed E-state index contributed by atoms with van der Waals surface area (Å²) in [5.74, 6) is -0.243. The van der Waals surface area contributed by atoms with E-state index in [1.165, 1.54) is 5.01 Å². The monoisotopic (exact) mass is 358 g/mol. The molecule has 0 aliphatic rings. The summed E-state index contributed by atoms with van der Waals surface area (Å²) in [4.78, 5) is 12.9. The minimum absolute atomic E-state index is 0.243. The van der Waals surface area contributed by atoms with Crippen LogP contribution in [0.2, 0.25) is 0 Å². The summed E-state index contributed by atoms with van der Waals surface area (Å²) in [6.07, 6.45) is 0. The van der Waals surface area contributed by atoms with Crippen molar-refractivity contribution in [3.63, 3.8) is 0 Å². The van der Waals surface area contributed by atoms with Gasteiger partial charge >= 0.3 is 0 Å². The van der Waals surface area contributed by atoms with Crippen LogP contribution in [0, 0.1) is 6.92 Å². The number of nitrogens with zero attached hydrogens (tertiary/aromatic N) is 1. The van der Waals surface area contributed by atoms with Gasteiger partial charge in [-0.25, -0.2) is 0 Å². The highest BCUT2D eigenvalue weighted by atomic mass is 32.1. The molecule has 0 spiro atoms. The van der Waals surface area contributed by atoms with Crippen molar-refractivity contribution in [1.82, 2.24) is 5.01 Å². The SMILES string of the molecule is CC.Cc1cccc(C(C)(OC=S)C(=O)N(C)Nc2ccccc2)c1. The van der Waals surface area contributed by atoms with Gasteiger partial charge in [0.2, 0.25) is 5.60 Å².